The van der Waals surface area contributed by atoms with Crippen molar-refractivity contribution in [2.75, 3.05) is 13.2 Å². The second-order valence-electron chi connectivity index (χ2n) is 23.5. The SMILES string of the molecule is CC/C=C/C/C=C/CCCCCCCCCC(=O)OC1C(OCC(NC(=O)C(O)CCCCCCCCCCCCCCC/C=C\C/C=C\C/C=C\CCCCC)C(O)/C=C/CCCCCCCCCCCCC)OC(CO)C(O)C1O. The quantitative estimate of drug-likeness (QED) is 0.0195. The number of rotatable bonds is 58. The molecule has 1 saturated heterocycles. The predicted molar refractivity (Wildman–Crippen MR) is 343 cm³/mol. The van der Waals surface area contributed by atoms with Crippen LogP contribution in [0.25, 0.3) is 0 Å². The van der Waals surface area contributed by atoms with Crippen molar-refractivity contribution in [2.45, 2.75) is 352 Å². The van der Waals surface area contributed by atoms with E-state index in [4.69, 9.17) is 14.2 Å². The molecule has 0 aromatic rings. The van der Waals surface area contributed by atoms with Gasteiger partial charge < -0.3 is 45.1 Å². The molecule has 11 nitrogen and oxygen atoms in total. The van der Waals surface area contributed by atoms with E-state index in [0.717, 1.165) is 96.3 Å². The summed E-state index contributed by atoms with van der Waals surface area (Å²) in [5, 5.41) is 57.1. The lowest BCUT2D eigenvalue weighted by Crippen LogP contribution is -2.61. The van der Waals surface area contributed by atoms with Crippen LogP contribution in [0.15, 0.2) is 72.9 Å². The highest BCUT2D eigenvalue weighted by molar-refractivity contribution is 5.80. The minimum absolute atomic E-state index is 0.113. The molecule has 0 spiro atoms. The maximum atomic E-state index is 13.5. The van der Waals surface area contributed by atoms with E-state index in [1.54, 1.807) is 6.08 Å². The van der Waals surface area contributed by atoms with E-state index >= 15 is 0 Å². The molecule has 1 aliphatic heterocycles. The van der Waals surface area contributed by atoms with Crippen LogP contribution in [0.5, 0.6) is 0 Å². The molecule has 0 bridgehead atoms. The topological polar surface area (TPSA) is 175 Å². The number of nitrogens with one attached hydrogen (secondary N) is 1. The minimum Gasteiger partial charge on any atom is -0.454 e. The Bertz CT molecular complexity index is 1610. The number of hydrogen-bond acceptors (Lipinski definition) is 10. The molecule has 0 radical (unpaired) electrons. The highest BCUT2D eigenvalue weighted by Crippen LogP contribution is 2.26. The number of esters is 1. The Balaban J connectivity index is 2.58. The largest absolute Gasteiger partial charge is 0.454 e. The van der Waals surface area contributed by atoms with Gasteiger partial charge in [0.05, 0.1) is 25.4 Å². The zero-order chi connectivity index (χ0) is 59.6. The normalized spacial score (nSPS) is 19.0. The third kappa shape index (κ3) is 45.5. The Morgan fingerprint density at radius 2 is 0.878 bits per heavy atom. The van der Waals surface area contributed by atoms with Gasteiger partial charge in [-0.15, -0.1) is 0 Å². The summed E-state index contributed by atoms with van der Waals surface area (Å²) in [4.78, 5) is 26.6. The summed E-state index contributed by atoms with van der Waals surface area (Å²) in [6.45, 7) is 5.67. The van der Waals surface area contributed by atoms with Gasteiger partial charge in [-0.1, -0.05) is 280 Å². The van der Waals surface area contributed by atoms with Gasteiger partial charge in [0.25, 0.3) is 0 Å². The lowest BCUT2D eigenvalue weighted by molar-refractivity contribution is -0.305. The van der Waals surface area contributed by atoms with E-state index in [0.29, 0.717) is 12.8 Å². The molecular formula is C71H127NO10. The molecule has 82 heavy (non-hydrogen) atoms. The summed E-state index contributed by atoms with van der Waals surface area (Å²) >= 11 is 0. The zero-order valence-electron chi connectivity index (χ0n) is 52.9. The summed E-state index contributed by atoms with van der Waals surface area (Å²) in [6.07, 6.45) is 65.2. The van der Waals surface area contributed by atoms with Crippen LogP contribution in [-0.2, 0) is 23.8 Å². The zero-order valence-corrected chi connectivity index (χ0v) is 52.9. The van der Waals surface area contributed by atoms with Gasteiger partial charge in [0.1, 0.15) is 24.4 Å². The van der Waals surface area contributed by atoms with Gasteiger partial charge in [0, 0.05) is 6.42 Å². The van der Waals surface area contributed by atoms with Gasteiger partial charge in [-0.25, -0.2) is 0 Å². The third-order valence-corrected chi connectivity index (χ3v) is 15.8. The maximum absolute atomic E-state index is 13.5. The van der Waals surface area contributed by atoms with Crippen LogP contribution in [0.1, 0.15) is 303 Å². The number of unbranched alkanes of at least 4 members (excludes halogenated alkanes) is 34. The number of ether oxygens (including phenoxy) is 3. The first-order valence-corrected chi connectivity index (χ1v) is 34.2. The summed E-state index contributed by atoms with van der Waals surface area (Å²) in [5.41, 5.74) is 0. The first-order valence-electron chi connectivity index (χ1n) is 34.2. The number of aliphatic hydroxyl groups is 5. The number of amides is 1. The fourth-order valence-electron chi connectivity index (χ4n) is 10.5. The number of carbonyl (C=O) groups is 2. The number of aliphatic hydroxyl groups excluding tert-OH is 5. The van der Waals surface area contributed by atoms with Crippen molar-refractivity contribution in [1.29, 1.82) is 0 Å². The minimum atomic E-state index is -1.62. The lowest BCUT2D eigenvalue weighted by Gasteiger charge is -2.41. The smallest absolute Gasteiger partial charge is 0.306 e. The van der Waals surface area contributed by atoms with Crippen LogP contribution in [0.4, 0.5) is 0 Å². The fourth-order valence-corrected chi connectivity index (χ4v) is 10.5. The second-order valence-corrected chi connectivity index (χ2v) is 23.5. The van der Waals surface area contributed by atoms with Crippen LogP contribution in [-0.4, -0.2) is 99.6 Å². The van der Waals surface area contributed by atoms with Gasteiger partial charge in [0.2, 0.25) is 5.91 Å². The third-order valence-electron chi connectivity index (χ3n) is 15.8. The lowest BCUT2D eigenvalue weighted by atomic mass is 9.99. The summed E-state index contributed by atoms with van der Waals surface area (Å²) in [7, 11) is 0. The van der Waals surface area contributed by atoms with Gasteiger partial charge in [-0.3, -0.25) is 9.59 Å². The van der Waals surface area contributed by atoms with Crippen LogP contribution in [0.3, 0.4) is 0 Å². The maximum Gasteiger partial charge on any atom is 0.306 e. The average Bonchev–Trinajstić information content (AvgIpc) is 3.45. The van der Waals surface area contributed by atoms with E-state index in [1.165, 1.54) is 161 Å². The van der Waals surface area contributed by atoms with Crippen molar-refractivity contribution in [3.05, 3.63) is 72.9 Å². The van der Waals surface area contributed by atoms with Gasteiger partial charge >= 0.3 is 5.97 Å². The van der Waals surface area contributed by atoms with Crippen molar-refractivity contribution in [3.8, 4) is 0 Å². The van der Waals surface area contributed by atoms with E-state index in [1.807, 2.05) is 6.08 Å². The van der Waals surface area contributed by atoms with E-state index in [-0.39, 0.29) is 19.4 Å². The molecule has 1 fully saturated rings. The summed E-state index contributed by atoms with van der Waals surface area (Å²) in [5.74, 6) is -1.20. The van der Waals surface area contributed by atoms with Gasteiger partial charge in [0.15, 0.2) is 12.4 Å². The summed E-state index contributed by atoms with van der Waals surface area (Å²) < 4.78 is 17.6. The van der Waals surface area contributed by atoms with Crippen molar-refractivity contribution in [2.24, 2.45) is 0 Å². The molecule has 8 atom stereocenters. The van der Waals surface area contributed by atoms with Crippen molar-refractivity contribution >= 4 is 11.9 Å². The van der Waals surface area contributed by atoms with Crippen molar-refractivity contribution in [1.82, 2.24) is 5.32 Å². The average molecular weight is 1150 g/mol. The molecule has 1 aliphatic rings. The molecule has 11 heteroatoms. The molecule has 1 heterocycles. The Kier molecular flexibility index (Phi) is 55.0. The van der Waals surface area contributed by atoms with Gasteiger partial charge in [-0.05, 0) is 89.9 Å². The van der Waals surface area contributed by atoms with E-state index in [9.17, 15) is 35.1 Å². The Morgan fingerprint density at radius 3 is 1.34 bits per heavy atom. The van der Waals surface area contributed by atoms with Crippen LogP contribution < -0.4 is 5.32 Å². The fraction of sp³-hybridized carbons (Fsp3) is 0.803. The monoisotopic (exact) mass is 1150 g/mol. The van der Waals surface area contributed by atoms with Crippen LogP contribution >= 0.6 is 0 Å². The number of allylic oxidation sites excluding steroid dienone is 11. The Morgan fingerprint density at radius 1 is 0.488 bits per heavy atom. The molecule has 476 valence electrons. The van der Waals surface area contributed by atoms with Crippen molar-refractivity contribution in [3.63, 3.8) is 0 Å². The van der Waals surface area contributed by atoms with Crippen LogP contribution in [0.2, 0.25) is 0 Å². The van der Waals surface area contributed by atoms with Crippen LogP contribution in [0, 0.1) is 0 Å². The molecule has 6 N–H and O–H groups in total. The highest BCUT2D eigenvalue weighted by Gasteiger charge is 2.47. The first kappa shape index (κ1) is 77.1. The molecule has 8 unspecified atom stereocenters. The number of hydrogen-bond donors (Lipinski definition) is 6. The second kappa shape index (κ2) is 58.5. The molecular weight excluding hydrogens is 1030 g/mol. The standard InChI is InChI=1S/C71H127NO10/c1-4-7-10-13-16-19-22-25-27-28-29-30-31-32-33-34-35-36-37-38-40-43-46-49-52-55-58-64(75)70(79)72-62(63(74)57-54-51-48-45-42-39-24-21-18-15-12-9-6-3)61-80-71-69(68(78)67(77)65(60-73)81-71)82-66(76)59-56-53-50-47-44-41-26-23-20-17-14-11-8-5-2/h8,11,16-17,19-20,25,27,29-30,54,57,62-65,67-69,71,73-75,77-78H,4-7,9-10,12-15,18,21-24,26,28,31-53,55-56,58-61H2,1-3H3,(H,72,79)/b11-8+,19-16-,20-17+,27-25-,30-29-,57-54+. The molecule has 1 amide bonds. The first-order chi connectivity index (χ1) is 40.2. The molecule has 1 rings (SSSR count). The molecule has 0 aromatic heterocycles. The van der Waals surface area contributed by atoms with Crippen molar-refractivity contribution < 1.29 is 49.3 Å². The molecule has 0 saturated carbocycles. The van der Waals surface area contributed by atoms with Gasteiger partial charge in [-0.2, -0.15) is 0 Å². The molecule has 0 aromatic carbocycles. The Hall–Kier alpha value is -2.90. The predicted octanol–water partition coefficient (Wildman–Crippen LogP) is 17.1. The Labute approximate surface area is 502 Å². The van der Waals surface area contributed by atoms with E-state index < -0.39 is 67.4 Å². The number of carbonyl (C=O) groups excluding carboxylic acids is 2. The summed E-state index contributed by atoms with van der Waals surface area (Å²) in [6, 6.07) is -1.03. The van der Waals surface area contributed by atoms with E-state index in [2.05, 4.69) is 86.8 Å². The highest BCUT2D eigenvalue weighted by atomic mass is 16.7. The molecule has 0 aliphatic carbocycles.